The van der Waals surface area contributed by atoms with Crippen LogP contribution in [0.25, 0.3) is 0 Å². The van der Waals surface area contributed by atoms with E-state index in [0.717, 1.165) is 6.42 Å². The molecular weight excluding hydrogens is 146 g/mol. The largest absolute Gasteiger partial charge is 0.241 e. The fourth-order valence-corrected chi connectivity index (χ4v) is 0.879. The number of hydrogen-bond donors (Lipinski definition) is 0. The van der Waals surface area contributed by atoms with Gasteiger partial charge in [-0.1, -0.05) is 34.1 Å². The zero-order valence-corrected chi connectivity index (χ0v) is 8.03. The first-order valence-corrected chi connectivity index (χ1v) is 4.50. The summed E-state index contributed by atoms with van der Waals surface area (Å²) in [6.45, 7) is 7.75. The van der Waals surface area contributed by atoms with E-state index in [1.165, 1.54) is 0 Å². The molecule has 0 saturated carbocycles. The lowest BCUT2D eigenvalue weighted by atomic mass is 10.0. The molecule has 0 saturated heterocycles. The van der Waals surface area contributed by atoms with Gasteiger partial charge < -0.3 is 0 Å². The molecule has 0 amide bonds. The average molecular weight is 166 g/mol. The highest BCUT2D eigenvalue weighted by atomic mass is 19.3. The van der Waals surface area contributed by atoms with Crippen LogP contribution in [0.5, 0.6) is 0 Å². The first kappa shape index (κ1) is 13.4. The molecule has 0 radical (unpaired) electrons. The molecular formula is C9H20F2. The van der Waals surface area contributed by atoms with Gasteiger partial charge >= 0.3 is 0 Å². The molecule has 0 bridgehead atoms. The summed E-state index contributed by atoms with van der Waals surface area (Å²) < 4.78 is 23.8. The molecule has 1 atom stereocenters. The van der Waals surface area contributed by atoms with Crippen LogP contribution in [-0.2, 0) is 0 Å². The minimum atomic E-state index is -2.12. The van der Waals surface area contributed by atoms with Crippen molar-refractivity contribution < 1.29 is 8.78 Å². The maximum atomic E-state index is 11.9. The quantitative estimate of drug-likeness (QED) is 0.589. The van der Waals surface area contributed by atoms with Gasteiger partial charge in [0.25, 0.3) is 0 Å². The van der Waals surface area contributed by atoms with E-state index in [-0.39, 0.29) is 5.92 Å². The smallest absolute Gasteiger partial charge is 0.210 e. The molecule has 0 aromatic rings. The molecule has 0 aliphatic carbocycles. The standard InChI is InChI=1S/C7H14F2.C2H6/c1-3-5-6(4-2)7(8)9;1-2/h6-7H,3-5H2,1-2H3;1-2H3. The summed E-state index contributed by atoms with van der Waals surface area (Å²) in [5.41, 5.74) is 0. The fourth-order valence-electron chi connectivity index (χ4n) is 0.879. The van der Waals surface area contributed by atoms with Crippen LogP contribution < -0.4 is 0 Å². The second kappa shape index (κ2) is 9.86. The topological polar surface area (TPSA) is 0 Å². The van der Waals surface area contributed by atoms with Crippen LogP contribution in [-0.4, -0.2) is 6.43 Å². The molecule has 11 heavy (non-hydrogen) atoms. The predicted molar refractivity (Wildman–Crippen MR) is 46.0 cm³/mol. The molecule has 2 heteroatoms. The summed E-state index contributed by atoms with van der Waals surface area (Å²) in [6.07, 6.45) is 0.0117. The molecule has 0 heterocycles. The minimum absolute atomic E-state index is 0.366. The normalized spacial score (nSPS) is 12.3. The SMILES string of the molecule is CC.CCCC(CC)C(F)F. The second-order valence-electron chi connectivity index (χ2n) is 2.29. The Morgan fingerprint density at radius 2 is 1.55 bits per heavy atom. The van der Waals surface area contributed by atoms with Gasteiger partial charge in [-0.15, -0.1) is 0 Å². The molecule has 0 aliphatic rings. The highest BCUT2D eigenvalue weighted by Gasteiger charge is 2.15. The summed E-state index contributed by atoms with van der Waals surface area (Å²) >= 11 is 0. The van der Waals surface area contributed by atoms with Gasteiger partial charge in [-0.2, -0.15) is 0 Å². The zero-order chi connectivity index (χ0) is 9.28. The molecule has 0 aromatic carbocycles. The monoisotopic (exact) mass is 166 g/mol. The van der Waals surface area contributed by atoms with Crippen molar-refractivity contribution in [3.8, 4) is 0 Å². The van der Waals surface area contributed by atoms with Gasteiger partial charge in [-0.25, -0.2) is 8.78 Å². The maximum absolute atomic E-state index is 11.9. The van der Waals surface area contributed by atoms with Gasteiger partial charge in [0.15, 0.2) is 0 Å². The molecule has 0 rings (SSSR count). The molecule has 70 valence electrons. The van der Waals surface area contributed by atoms with Crippen LogP contribution >= 0.6 is 0 Å². The van der Waals surface area contributed by atoms with Crippen molar-refractivity contribution in [2.75, 3.05) is 0 Å². The summed E-state index contributed by atoms with van der Waals surface area (Å²) in [4.78, 5) is 0. The summed E-state index contributed by atoms with van der Waals surface area (Å²) in [5, 5.41) is 0. The van der Waals surface area contributed by atoms with E-state index in [1.54, 1.807) is 0 Å². The van der Waals surface area contributed by atoms with E-state index in [0.29, 0.717) is 12.8 Å². The van der Waals surface area contributed by atoms with Gasteiger partial charge in [0.05, 0.1) is 0 Å². The van der Waals surface area contributed by atoms with E-state index in [1.807, 2.05) is 27.7 Å². The second-order valence-corrected chi connectivity index (χ2v) is 2.29. The van der Waals surface area contributed by atoms with Gasteiger partial charge in [0.2, 0.25) is 6.43 Å². The molecule has 0 nitrogen and oxygen atoms in total. The minimum Gasteiger partial charge on any atom is -0.210 e. The van der Waals surface area contributed by atoms with Crippen LogP contribution in [0, 0.1) is 5.92 Å². The van der Waals surface area contributed by atoms with Crippen LogP contribution in [0.4, 0.5) is 8.78 Å². The third kappa shape index (κ3) is 7.76. The Kier molecular flexibility index (Phi) is 12.1. The van der Waals surface area contributed by atoms with E-state index in [9.17, 15) is 8.78 Å². The molecule has 0 fully saturated rings. The van der Waals surface area contributed by atoms with Crippen molar-refractivity contribution >= 4 is 0 Å². The Morgan fingerprint density at radius 3 is 1.64 bits per heavy atom. The number of alkyl halides is 2. The Labute approximate surface area is 69.0 Å². The van der Waals surface area contributed by atoms with E-state index >= 15 is 0 Å². The Balaban J connectivity index is 0. The number of rotatable bonds is 4. The van der Waals surface area contributed by atoms with Gasteiger partial charge in [-0.3, -0.25) is 0 Å². The first-order valence-electron chi connectivity index (χ1n) is 4.50. The lowest BCUT2D eigenvalue weighted by molar-refractivity contribution is 0.0698. The summed E-state index contributed by atoms with van der Waals surface area (Å²) in [7, 11) is 0. The fraction of sp³-hybridized carbons (Fsp3) is 1.00. The van der Waals surface area contributed by atoms with E-state index in [4.69, 9.17) is 0 Å². The van der Waals surface area contributed by atoms with Crippen molar-refractivity contribution in [2.24, 2.45) is 5.92 Å². The Morgan fingerprint density at radius 1 is 1.09 bits per heavy atom. The highest BCUT2D eigenvalue weighted by molar-refractivity contribution is 4.57. The number of hydrogen-bond acceptors (Lipinski definition) is 0. The van der Waals surface area contributed by atoms with Crippen molar-refractivity contribution in [1.82, 2.24) is 0 Å². The molecule has 1 unspecified atom stereocenters. The Hall–Kier alpha value is -0.140. The third-order valence-corrected chi connectivity index (χ3v) is 1.54. The summed E-state index contributed by atoms with van der Waals surface area (Å²) in [5.74, 6) is -0.366. The van der Waals surface area contributed by atoms with Crippen molar-refractivity contribution in [1.29, 1.82) is 0 Å². The van der Waals surface area contributed by atoms with Crippen LogP contribution in [0.2, 0.25) is 0 Å². The lowest BCUT2D eigenvalue weighted by Gasteiger charge is -2.10. The predicted octanol–water partition coefficient (Wildman–Crippen LogP) is 4.10. The van der Waals surface area contributed by atoms with Gasteiger partial charge in [-0.05, 0) is 12.8 Å². The van der Waals surface area contributed by atoms with Crippen LogP contribution in [0.15, 0.2) is 0 Å². The van der Waals surface area contributed by atoms with Crippen molar-refractivity contribution in [3.63, 3.8) is 0 Å². The average Bonchev–Trinajstić information content (AvgIpc) is 2.03. The maximum Gasteiger partial charge on any atom is 0.241 e. The first-order chi connectivity index (χ1) is 5.22. The third-order valence-electron chi connectivity index (χ3n) is 1.54. The molecule has 0 aliphatic heterocycles. The van der Waals surface area contributed by atoms with Gasteiger partial charge in [0.1, 0.15) is 0 Å². The summed E-state index contributed by atoms with van der Waals surface area (Å²) in [6, 6.07) is 0. The van der Waals surface area contributed by atoms with Crippen molar-refractivity contribution in [2.45, 2.75) is 53.4 Å². The van der Waals surface area contributed by atoms with Crippen molar-refractivity contribution in [3.05, 3.63) is 0 Å². The van der Waals surface area contributed by atoms with Crippen LogP contribution in [0.3, 0.4) is 0 Å². The Bertz CT molecular complexity index is 62.6. The van der Waals surface area contributed by atoms with Crippen LogP contribution in [0.1, 0.15) is 47.0 Å². The van der Waals surface area contributed by atoms with E-state index in [2.05, 4.69) is 0 Å². The molecule has 0 N–H and O–H groups in total. The highest BCUT2D eigenvalue weighted by Crippen LogP contribution is 2.18. The number of halogens is 2. The lowest BCUT2D eigenvalue weighted by Crippen LogP contribution is -2.08. The molecule has 0 spiro atoms. The molecule has 0 aromatic heterocycles. The zero-order valence-electron chi connectivity index (χ0n) is 8.03. The van der Waals surface area contributed by atoms with E-state index < -0.39 is 6.43 Å². The van der Waals surface area contributed by atoms with Gasteiger partial charge in [0, 0.05) is 5.92 Å².